The highest BCUT2D eigenvalue weighted by Crippen LogP contribution is 2.45. The number of ether oxygens (including phenoxy) is 1. The molecule has 2 N–H and O–H groups in total. The predicted molar refractivity (Wildman–Crippen MR) is 124 cm³/mol. The van der Waals surface area contributed by atoms with Crippen molar-refractivity contribution in [1.82, 2.24) is 24.6 Å². The number of carbonyl (C=O) groups excluding carboxylic acids is 1. The second-order valence-corrected chi connectivity index (χ2v) is 9.41. The van der Waals surface area contributed by atoms with Crippen molar-refractivity contribution >= 4 is 40.4 Å². The van der Waals surface area contributed by atoms with Gasteiger partial charge in [0, 0.05) is 28.6 Å². The molecule has 2 aliphatic rings. The molecule has 0 bridgehead atoms. The van der Waals surface area contributed by atoms with Crippen LogP contribution in [0.15, 0.2) is 24.8 Å². The first-order valence-corrected chi connectivity index (χ1v) is 11.3. The molecule has 1 saturated carbocycles. The van der Waals surface area contributed by atoms with E-state index in [0.29, 0.717) is 58.6 Å². The van der Waals surface area contributed by atoms with Gasteiger partial charge in [-0.25, -0.2) is 9.37 Å². The maximum atomic E-state index is 15.5. The van der Waals surface area contributed by atoms with E-state index in [2.05, 4.69) is 25.5 Å². The number of aromatic amines is 1. The lowest BCUT2D eigenvalue weighted by Crippen LogP contribution is -2.16. The Kier molecular flexibility index (Phi) is 5.54. The molecular formula is C23H24ClFN6O2. The summed E-state index contributed by atoms with van der Waals surface area (Å²) >= 11 is 6.54. The van der Waals surface area contributed by atoms with Gasteiger partial charge in [-0.1, -0.05) is 30.9 Å². The fraction of sp³-hybridized carbons (Fsp3) is 0.391. The highest BCUT2D eigenvalue weighted by molar-refractivity contribution is 6.35. The first kappa shape index (κ1) is 21.8. The van der Waals surface area contributed by atoms with Crippen LogP contribution in [0, 0.1) is 5.82 Å². The third-order valence-corrected chi connectivity index (χ3v) is 6.16. The normalized spacial score (nSPS) is 18.8. The fourth-order valence-electron chi connectivity index (χ4n) is 4.15. The Morgan fingerprint density at radius 3 is 2.76 bits per heavy atom. The molecule has 1 aromatic carbocycles. The van der Waals surface area contributed by atoms with E-state index in [9.17, 15) is 4.79 Å². The van der Waals surface area contributed by atoms with Crippen LogP contribution in [0.5, 0.6) is 0 Å². The van der Waals surface area contributed by atoms with Crippen LogP contribution in [0.2, 0.25) is 5.02 Å². The number of nitrogens with one attached hydrogen (secondary N) is 2. The van der Waals surface area contributed by atoms with Gasteiger partial charge in [0.2, 0.25) is 6.41 Å². The van der Waals surface area contributed by atoms with E-state index in [-0.39, 0.29) is 16.5 Å². The number of imidazole rings is 1. The van der Waals surface area contributed by atoms with Crippen molar-refractivity contribution in [2.24, 2.45) is 0 Å². The molecule has 1 aliphatic heterocycles. The molecule has 3 aromatic heterocycles. The number of halogens is 2. The molecule has 1 saturated heterocycles. The molecular weight excluding hydrogens is 447 g/mol. The van der Waals surface area contributed by atoms with Gasteiger partial charge in [0.25, 0.3) is 0 Å². The number of hydrogen-bond donors (Lipinski definition) is 2. The molecule has 172 valence electrons. The van der Waals surface area contributed by atoms with Crippen molar-refractivity contribution < 1.29 is 13.9 Å². The minimum absolute atomic E-state index is 0.0122. The molecule has 33 heavy (non-hydrogen) atoms. The van der Waals surface area contributed by atoms with Gasteiger partial charge in [0.05, 0.1) is 47.0 Å². The SMILES string of the molecule is C1CC1.CC1(C)CC(c2c(F)c(Cl)c(-c3cn4cc(NC=O)nc4cn3)c3cn[nH]c23)CO1. The number of aromatic nitrogens is 5. The molecule has 6 rings (SSSR count). The Balaban J connectivity index is 0.000000705. The average molecular weight is 471 g/mol. The maximum Gasteiger partial charge on any atom is 0.212 e. The number of anilines is 1. The number of rotatable bonds is 4. The Hall–Kier alpha value is -3.04. The molecule has 2 fully saturated rings. The van der Waals surface area contributed by atoms with Gasteiger partial charge in [0.1, 0.15) is 5.82 Å². The molecule has 1 atom stereocenters. The monoisotopic (exact) mass is 470 g/mol. The Morgan fingerprint density at radius 2 is 2.09 bits per heavy atom. The topological polar surface area (TPSA) is 97.2 Å². The highest BCUT2D eigenvalue weighted by Gasteiger charge is 2.37. The van der Waals surface area contributed by atoms with Gasteiger partial charge in [-0.15, -0.1) is 0 Å². The lowest BCUT2D eigenvalue weighted by atomic mass is 9.88. The van der Waals surface area contributed by atoms with Gasteiger partial charge in [-0.2, -0.15) is 5.10 Å². The first-order valence-electron chi connectivity index (χ1n) is 10.9. The summed E-state index contributed by atoms with van der Waals surface area (Å²) < 4.78 is 23.1. The Bertz CT molecular complexity index is 1340. The quantitative estimate of drug-likeness (QED) is 0.405. The van der Waals surface area contributed by atoms with Gasteiger partial charge < -0.3 is 14.5 Å². The zero-order valence-corrected chi connectivity index (χ0v) is 19.1. The van der Waals surface area contributed by atoms with E-state index < -0.39 is 5.82 Å². The molecule has 1 aliphatic carbocycles. The van der Waals surface area contributed by atoms with Crippen molar-refractivity contribution in [3.63, 3.8) is 0 Å². The lowest BCUT2D eigenvalue weighted by molar-refractivity contribution is -0.105. The van der Waals surface area contributed by atoms with Crippen molar-refractivity contribution in [1.29, 1.82) is 0 Å². The summed E-state index contributed by atoms with van der Waals surface area (Å²) in [5, 5.41) is 10.2. The largest absolute Gasteiger partial charge is 0.375 e. The van der Waals surface area contributed by atoms with Crippen LogP contribution in [0.25, 0.3) is 27.8 Å². The van der Waals surface area contributed by atoms with E-state index in [1.807, 2.05) is 13.8 Å². The molecule has 4 heterocycles. The summed E-state index contributed by atoms with van der Waals surface area (Å²) in [6, 6.07) is 0. The first-order chi connectivity index (χ1) is 15.9. The minimum atomic E-state index is -0.495. The standard InChI is InChI=1S/C20H18ClFN6O2.C3H6/c1-20(2)3-10(8-30-20)15-18(22)17(21)16(11-4-25-27-19(11)15)12-6-28-7-13(24-9-29)26-14(28)5-23-12;1-2-3-1/h4-7,9-10H,3,8H2,1-2H3,(H,24,29)(H,25,27);1-3H2. The zero-order valence-electron chi connectivity index (χ0n) is 18.4. The van der Waals surface area contributed by atoms with Crippen molar-refractivity contribution in [3.05, 3.63) is 41.2 Å². The predicted octanol–water partition coefficient (Wildman–Crippen LogP) is 5.09. The fourth-order valence-corrected chi connectivity index (χ4v) is 4.45. The number of benzene rings is 1. The van der Waals surface area contributed by atoms with Crippen LogP contribution in [0.4, 0.5) is 10.2 Å². The van der Waals surface area contributed by atoms with Crippen molar-refractivity contribution in [3.8, 4) is 11.3 Å². The highest BCUT2D eigenvalue weighted by atomic mass is 35.5. The second kappa shape index (κ2) is 8.39. The van der Waals surface area contributed by atoms with Crippen molar-refractivity contribution in [2.45, 2.75) is 51.0 Å². The number of hydrogen-bond acceptors (Lipinski definition) is 5. The number of H-pyrrole nitrogens is 1. The third kappa shape index (κ3) is 4.18. The maximum absolute atomic E-state index is 15.5. The molecule has 1 unspecified atom stereocenters. The van der Waals surface area contributed by atoms with E-state index in [1.54, 1.807) is 23.0 Å². The van der Waals surface area contributed by atoms with Crippen LogP contribution >= 0.6 is 11.6 Å². The second-order valence-electron chi connectivity index (χ2n) is 9.03. The number of carbonyl (C=O) groups is 1. The van der Waals surface area contributed by atoms with Crippen LogP contribution in [0.1, 0.15) is 51.0 Å². The van der Waals surface area contributed by atoms with Gasteiger partial charge >= 0.3 is 0 Å². The van der Waals surface area contributed by atoms with E-state index in [4.69, 9.17) is 16.3 Å². The summed E-state index contributed by atoms with van der Waals surface area (Å²) in [6.45, 7) is 4.39. The van der Waals surface area contributed by atoms with Gasteiger partial charge in [0.15, 0.2) is 11.5 Å². The van der Waals surface area contributed by atoms with Crippen LogP contribution in [-0.4, -0.2) is 43.2 Å². The van der Waals surface area contributed by atoms with E-state index >= 15 is 4.39 Å². The molecule has 8 nitrogen and oxygen atoms in total. The molecule has 4 aromatic rings. The third-order valence-electron chi connectivity index (χ3n) is 5.81. The molecule has 0 radical (unpaired) electrons. The zero-order chi connectivity index (χ0) is 23.2. The molecule has 10 heteroatoms. The Morgan fingerprint density at radius 1 is 1.30 bits per heavy atom. The van der Waals surface area contributed by atoms with E-state index in [1.165, 1.54) is 25.5 Å². The van der Waals surface area contributed by atoms with Crippen LogP contribution < -0.4 is 5.32 Å². The van der Waals surface area contributed by atoms with Crippen LogP contribution in [-0.2, 0) is 9.53 Å². The lowest BCUT2D eigenvalue weighted by Gasteiger charge is -2.17. The number of amides is 1. The number of nitrogens with zero attached hydrogens (tertiary/aromatic N) is 4. The summed E-state index contributed by atoms with van der Waals surface area (Å²) in [4.78, 5) is 19.3. The molecule has 1 amide bonds. The van der Waals surface area contributed by atoms with Gasteiger partial charge in [-0.3, -0.25) is 14.9 Å². The van der Waals surface area contributed by atoms with Crippen LogP contribution in [0.3, 0.4) is 0 Å². The summed E-state index contributed by atoms with van der Waals surface area (Å²) in [5.41, 5.74) is 2.19. The van der Waals surface area contributed by atoms with Crippen molar-refractivity contribution in [2.75, 3.05) is 11.9 Å². The van der Waals surface area contributed by atoms with E-state index in [0.717, 1.165) is 0 Å². The summed E-state index contributed by atoms with van der Waals surface area (Å²) in [6.07, 6.45) is 12.2. The summed E-state index contributed by atoms with van der Waals surface area (Å²) in [5.74, 6) is -0.241. The van der Waals surface area contributed by atoms with Gasteiger partial charge in [-0.05, 0) is 20.3 Å². The minimum Gasteiger partial charge on any atom is -0.375 e. The summed E-state index contributed by atoms with van der Waals surface area (Å²) in [7, 11) is 0. The number of fused-ring (bicyclic) bond motifs is 2. The average Bonchev–Trinajstić information content (AvgIpc) is 3.38. The molecule has 0 spiro atoms. The smallest absolute Gasteiger partial charge is 0.212 e. The Labute approximate surface area is 194 Å².